The van der Waals surface area contributed by atoms with Gasteiger partial charge in [-0.05, 0) is 49.4 Å². The molecule has 4 rings (SSSR count). The largest absolute Gasteiger partial charge is 0.462 e. The van der Waals surface area contributed by atoms with E-state index < -0.39 is 12.1 Å². The van der Waals surface area contributed by atoms with Gasteiger partial charge in [-0.1, -0.05) is 41.9 Å². The minimum absolute atomic E-state index is 0.117. The number of anilines is 2. The zero-order valence-corrected chi connectivity index (χ0v) is 16.5. The molecule has 1 N–H and O–H groups in total. The predicted octanol–water partition coefficient (Wildman–Crippen LogP) is 5.29. The SMILES string of the molecule is CCOC(=O)c1ccccc1N[C@H]1c2ccccc2C(=O)N1c1ccc(Cl)cc1. The second kappa shape index (κ2) is 7.97. The van der Waals surface area contributed by atoms with Crippen molar-refractivity contribution in [3.8, 4) is 0 Å². The number of para-hydroxylation sites is 1. The Hall–Kier alpha value is -3.31. The molecule has 0 unspecified atom stereocenters. The number of hydrogen-bond donors (Lipinski definition) is 1. The third-order valence-electron chi connectivity index (χ3n) is 4.78. The van der Waals surface area contributed by atoms with Gasteiger partial charge in [0.25, 0.3) is 5.91 Å². The number of amides is 1. The van der Waals surface area contributed by atoms with Crippen LogP contribution in [-0.2, 0) is 4.74 Å². The van der Waals surface area contributed by atoms with Gasteiger partial charge < -0.3 is 10.1 Å². The van der Waals surface area contributed by atoms with Crippen LogP contribution in [0.2, 0.25) is 5.02 Å². The highest BCUT2D eigenvalue weighted by Gasteiger charge is 2.38. The lowest BCUT2D eigenvalue weighted by atomic mass is 10.1. The Morgan fingerprint density at radius 1 is 1.03 bits per heavy atom. The van der Waals surface area contributed by atoms with Crippen LogP contribution in [0.25, 0.3) is 0 Å². The monoisotopic (exact) mass is 406 g/mol. The van der Waals surface area contributed by atoms with Crippen molar-refractivity contribution in [2.45, 2.75) is 13.1 Å². The molecule has 1 heterocycles. The molecule has 6 heteroatoms. The van der Waals surface area contributed by atoms with Crippen molar-refractivity contribution in [3.05, 3.63) is 94.5 Å². The van der Waals surface area contributed by atoms with Gasteiger partial charge in [0.15, 0.2) is 0 Å². The fourth-order valence-electron chi connectivity index (χ4n) is 3.47. The molecule has 1 aliphatic heterocycles. The third-order valence-corrected chi connectivity index (χ3v) is 5.03. The van der Waals surface area contributed by atoms with Gasteiger partial charge in [-0.15, -0.1) is 0 Å². The van der Waals surface area contributed by atoms with Crippen molar-refractivity contribution in [1.82, 2.24) is 0 Å². The van der Waals surface area contributed by atoms with E-state index >= 15 is 0 Å². The van der Waals surface area contributed by atoms with E-state index in [0.717, 1.165) is 5.56 Å². The maximum Gasteiger partial charge on any atom is 0.340 e. The summed E-state index contributed by atoms with van der Waals surface area (Å²) in [6.07, 6.45) is -0.476. The van der Waals surface area contributed by atoms with Gasteiger partial charge in [0, 0.05) is 21.8 Å². The maximum absolute atomic E-state index is 13.2. The number of nitrogens with one attached hydrogen (secondary N) is 1. The highest BCUT2D eigenvalue weighted by atomic mass is 35.5. The summed E-state index contributed by atoms with van der Waals surface area (Å²) in [5, 5.41) is 3.96. The van der Waals surface area contributed by atoms with E-state index in [1.54, 1.807) is 60.4 Å². The van der Waals surface area contributed by atoms with Crippen LogP contribution in [0, 0.1) is 0 Å². The van der Waals surface area contributed by atoms with E-state index in [-0.39, 0.29) is 12.5 Å². The zero-order chi connectivity index (χ0) is 20.4. The molecular formula is C23H19ClN2O3. The van der Waals surface area contributed by atoms with Crippen LogP contribution in [0.5, 0.6) is 0 Å². The molecule has 3 aromatic carbocycles. The Kier molecular flexibility index (Phi) is 5.23. The topological polar surface area (TPSA) is 58.6 Å². The number of ether oxygens (including phenoxy) is 1. The number of carbonyl (C=O) groups is 2. The maximum atomic E-state index is 13.2. The molecule has 29 heavy (non-hydrogen) atoms. The Morgan fingerprint density at radius 2 is 1.72 bits per heavy atom. The van der Waals surface area contributed by atoms with Gasteiger partial charge >= 0.3 is 5.97 Å². The molecule has 0 aliphatic carbocycles. The third kappa shape index (κ3) is 3.57. The van der Waals surface area contributed by atoms with Crippen molar-refractivity contribution in [1.29, 1.82) is 0 Å². The summed E-state index contributed by atoms with van der Waals surface area (Å²) < 4.78 is 5.17. The first-order chi connectivity index (χ1) is 14.1. The van der Waals surface area contributed by atoms with Crippen LogP contribution in [-0.4, -0.2) is 18.5 Å². The number of rotatable bonds is 5. The van der Waals surface area contributed by atoms with Crippen molar-refractivity contribution >= 4 is 34.9 Å². The number of fused-ring (bicyclic) bond motifs is 1. The number of nitrogens with zero attached hydrogens (tertiary/aromatic N) is 1. The molecule has 1 atom stereocenters. The number of benzene rings is 3. The van der Waals surface area contributed by atoms with Crippen LogP contribution >= 0.6 is 11.6 Å². The first-order valence-corrected chi connectivity index (χ1v) is 9.68. The van der Waals surface area contributed by atoms with Crippen molar-refractivity contribution in [2.75, 3.05) is 16.8 Å². The second-order valence-corrected chi connectivity index (χ2v) is 6.99. The van der Waals surface area contributed by atoms with Crippen LogP contribution in [0.4, 0.5) is 11.4 Å². The number of hydrogen-bond acceptors (Lipinski definition) is 4. The quantitative estimate of drug-likeness (QED) is 0.585. The van der Waals surface area contributed by atoms with E-state index in [2.05, 4.69) is 5.32 Å². The van der Waals surface area contributed by atoms with Crippen LogP contribution < -0.4 is 10.2 Å². The van der Waals surface area contributed by atoms with Gasteiger partial charge in [0.2, 0.25) is 0 Å². The molecule has 0 fully saturated rings. The van der Waals surface area contributed by atoms with E-state index in [1.165, 1.54) is 0 Å². The molecule has 5 nitrogen and oxygen atoms in total. The van der Waals surface area contributed by atoms with E-state index in [0.29, 0.717) is 27.5 Å². The number of carbonyl (C=O) groups excluding carboxylic acids is 2. The van der Waals surface area contributed by atoms with E-state index in [9.17, 15) is 9.59 Å². The fourth-order valence-corrected chi connectivity index (χ4v) is 3.60. The highest BCUT2D eigenvalue weighted by molar-refractivity contribution is 6.30. The Labute approximate surface area is 173 Å². The van der Waals surface area contributed by atoms with Gasteiger partial charge in [-0.2, -0.15) is 0 Å². The van der Waals surface area contributed by atoms with Crippen molar-refractivity contribution in [3.63, 3.8) is 0 Å². The highest BCUT2D eigenvalue weighted by Crippen LogP contribution is 2.38. The van der Waals surface area contributed by atoms with Gasteiger partial charge in [-0.3, -0.25) is 9.69 Å². The molecule has 3 aromatic rings. The summed E-state index contributed by atoms with van der Waals surface area (Å²) in [4.78, 5) is 27.2. The zero-order valence-electron chi connectivity index (χ0n) is 15.8. The molecule has 146 valence electrons. The molecule has 0 aromatic heterocycles. The Morgan fingerprint density at radius 3 is 2.48 bits per heavy atom. The molecule has 0 saturated carbocycles. The lowest BCUT2D eigenvalue weighted by molar-refractivity contribution is 0.0527. The first kappa shape index (κ1) is 19.0. The van der Waals surface area contributed by atoms with Crippen molar-refractivity contribution < 1.29 is 14.3 Å². The molecule has 0 saturated heterocycles. The molecule has 0 spiro atoms. The van der Waals surface area contributed by atoms with Gasteiger partial charge in [0.05, 0.1) is 17.9 Å². The average molecular weight is 407 g/mol. The minimum atomic E-state index is -0.476. The van der Waals surface area contributed by atoms with E-state index in [1.807, 2.05) is 24.3 Å². The van der Waals surface area contributed by atoms with Gasteiger partial charge in [-0.25, -0.2) is 4.79 Å². The van der Waals surface area contributed by atoms with Crippen LogP contribution in [0.3, 0.4) is 0 Å². The lowest BCUT2D eigenvalue weighted by Gasteiger charge is -2.28. The molecular weight excluding hydrogens is 388 g/mol. The normalized spacial score (nSPS) is 15.2. The number of halogens is 1. The Bertz CT molecular complexity index is 1070. The molecule has 0 bridgehead atoms. The van der Waals surface area contributed by atoms with Crippen LogP contribution in [0.1, 0.15) is 39.4 Å². The summed E-state index contributed by atoms with van der Waals surface area (Å²) in [6, 6.07) is 21.7. The number of esters is 1. The smallest absolute Gasteiger partial charge is 0.340 e. The first-order valence-electron chi connectivity index (χ1n) is 9.31. The summed E-state index contributed by atoms with van der Waals surface area (Å²) >= 11 is 6.02. The van der Waals surface area contributed by atoms with Crippen LogP contribution in [0.15, 0.2) is 72.8 Å². The molecule has 1 amide bonds. The molecule has 0 radical (unpaired) electrons. The predicted molar refractivity (Wildman–Crippen MR) is 113 cm³/mol. The molecule has 1 aliphatic rings. The standard InChI is InChI=1S/C23H19ClN2O3/c1-2-29-23(28)19-9-5-6-10-20(19)25-21-17-7-3-4-8-18(17)22(27)26(21)16-13-11-15(24)12-14-16/h3-14,21,25H,2H2,1H3/t21-/m1/s1. The van der Waals surface area contributed by atoms with Gasteiger partial charge in [0.1, 0.15) is 6.17 Å². The Balaban J connectivity index is 1.77. The lowest BCUT2D eigenvalue weighted by Crippen LogP contribution is -2.32. The summed E-state index contributed by atoms with van der Waals surface area (Å²) in [6.45, 7) is 2.05. The summed E-state index contributed by atoms with van der Waals surface area (Å²) in [5.41, 5.74) is 3.18. The average Bonchev–Trinajstić information content (AvgIpc) is 3.01. The van der Waals surface area contributed by atoms with E-state index in [4.69, 9.17) is 16.3 Å². The fraction of sp³-hybridized carbons (Fsp3) is 0.130. The second-order valence-electron chi connectivity index (χ2n) is 6.55. The summed E-state index contributed by atoms with van der Waals surface area (Å²) in [7, 11) is 0. The summed E-state index contributed by atoms with van der Waals surface area (Å²) in [5.74, 6) is -0.528. The van der Waals surface area contributed by atoms with Crippen molar-refractivity contribution in [2.24, 2.45) is 0 Å². The minimum Gasteiger partial charge on any atom is -0.462 e.